The zero-order valence-corrected chi connectivity index (χ0v) is 16.0. The summed E-state index contributed by atoms with van der Waals surface area (Å²) in [5, 5.41) is 3.07. The molecule has 0 unspecified atom stereocenters. The SMILES string of the molecule is CC(C)(C)OC(=O)N1CCN(C(=O)Nc2cccc3c2CCCC3)CC1. The Morgan fingerprint density at radius 2 is 1.65 bits per heavy atom. The van der Waals surface area contributed by atoms with Crippen LogP contribution in [0.3, 0.4) is 0 Å². The molecule has 1 fully saturated rings. The van der Waals surface area contributed by atoms with Crippen LogP contribution in [0.4, 0.5) is 15.3 Å². The lowest BCUT2D eigenvalue weighted by Crippen LogP contribution is -2.52. The van der Waals surface area contributed by atoms with Crippen molar-refractivity contribution in [2.24, 2.45) is 0 Å². The smallest absolute Gasteiger partial charge is 0.410 e. The Morgan fingerprint density at radius 3 is 2.35 bits per heavy atom. The van der Waals surface area contributed by atoms with Crippen molar-refractivity contribution in [3.8, 4) is 0 Å². The van der Waals surface area contributed by atoms with Crippen LogP contribution in [-0.4, -0.2) is 53.7 Å². The molecule has 3 rings (SSSR count). The molecule has 6 nitrogen and oxygen atoms in total. The predicted octanol–water partition coefficient (Wildman–Crippen LogP) is 3.65. The van der Waals surface area contributed by atoms with Gasteiger partial charge in [0.05, 0.1) is 0 Å². The van der Waals surface area contributed by atoms with E-state index in [1.54, 1.807) is 9.80 Å². The fraction of sp³-hybridized carbons (Fsp3) is 0.600. The molecule has 1 N–H and O–H groups in total. The molecule has 1 saturated heterocycles. The largest absolute Gasteiger partial charge is 0.444 e. The summed E-state index contributed by atoms with van der Waals surface area (Å²) in [6.07, 6.45) is 4.20. The minimum absolute atomic E-state index is 0.0900. The van der Waals surface area contributed by atoms with Gasteiger partial charge in [-0.05, 0) is 63.6 Å². The number of piperazine rings is 1. The summed E-state index contributed by atoms with van der Waals surface area (Å²) >= 11 is 0. The van der Waals surface area contributed by atoms with Gasteiger partial charge in [-0.1, -0.05) is 12.1 Å². The fourth-order valence-electron chi connectivity index (χ4n) is 3.51. The fourth-order valence-corrected chi connectivity index (χ4v) is 3.51. The minimum atomic E-state index is -0.502. The normalized spacial score (nSPS) is 17.5. The monoisotopic (exact) mass is 359 g/mol. The third kappa shape index (κ3) is 4.48. The van der Waals surface area contributed by atoms with E-state index in [1.807, 2.05) is 32.9 Å². The maximum absolute atomic E-state index is 12.6. The number of nitrogens with zero attached hydrogens (tertiary/aromatic N) is 2. The van der Waals surface area contributed by atoms with Gasteiger partial charge in [-0.2, -0.15) is 0 Å². The first-order valence-electron chi connectivity index (χ1n) is 9.48. The number of nitrogens with one attached hydrogen (secondary N) is 1. The molecule has 6 heteroatoms. The van der Waals surface area contributed by atoms with Crippen LogP contribution in [-0.2, 0) is 17.6 Å². The van der Waals surface area contributed by atoms with E-state index in [0.29, 0.717) is 26.2 Å². The lowest BCUT2D eigenvalue weighted by atomic mass is 9.90. The van der Waals surface area contributed by atoms with Crippen LogP contribution in [0.25, 0.3) is 0 Å². The molecule has 26 heavy (non-hydrogen) atoms. The standard InChI is InChI=1S/C20H29N3O3/c1-20(2,3)26-19(25)23-13-11-22(12-14-23)18(24)21-17-10-6-8-15-7-4-5-9-16(15)17/h6,8,10H,4-5,7,9,11-14H2,1-3H3,(H,21,24). The predicted molar refractivity (Wildman–Crippen MR) is 101 cm³/mol. The van der Waals surface area contributed by atoms with Crippen LogP contribution in [0.1, 0.15) is 44.7 Å². The molecule has 0 radical (unpaired) electrons. The number of rotatable bonds is 1. The summed E-state index contributed by atoms with van der Waals surface area (Å²) < 4.78 is 5.40. The lowest BCUT2D eigenvalue weighted by Gasteiger charge is -2.35. The van der Waals surface area contributed by atoms with Gasteiger partial charge >= 0.3 is 12.1 Å². The number of aryl methyl sites for hydroxylation is 1. The molecule has 1 aromatic rings. The Kier molecular flexibility index (Phi) is 5.39. The summed E-state index contributed by atoms with van der Waals surface area (Å²) in [6.45, 7) is 7.59. The average Bonchev–Trinajstić information content (AvgIpc) is 2.61. The number of carbonyl (C=O) groups excluding carboxylic acids is 2. The number of urea groups is 1. The van der Waals surface area contributed by atoms with Crippen molar-refractivity contribution in [1.82, 2.24) is 9.80 Å². The van der Waals surface area contributed by atoms with Crippen molar-refractivity contribution in [1.29, 1.82) is 0 Å². The number of benzene rings is 1. The molecular weight excluding hydrogens is 330 g/mol. The molecule has 0 atom stereocenters. The number of anilines is 1. The first-order valence-corrected chi connectivity index (χ1v) is 9.48. The number of amides is 3. The maximum Gasteiger partial charge on any atom is 0.410 e. The van der Waals surface area contributed by atoms with Gasteiger partial charge in [-0.15, -0.1) is 0 Å². The van der Waals surface area contributed by atoms with Crippen molar-refractivity contribution in [3.05, 3.63) is 29.3 Å². The van der Waals surface area contributed by atoms with E-state index in [-0.39, 0.29) is 12.1 Å². The number of hydrogen-bond donors (Lipinski definition) is 1. The second-order valence-electron chi connectivity index (χ2n) is 8.03. The second kappa shape index (κ2) is 7.56. The summed E-state index contributed by atoms with van der Waals surface area (Å²) in [7, 11) is 0. The second-order valence-corrected chi connectivity index (χ2v) is 8.03. The highest BCUT2D eigenvalue weighted by Gasteiger charge is 2.28. The van der Waals surface area contributed by atoms with Gasteiger partial charge in [-0.3, -0.25) is 0 Å². The number of hydrogen-bond acceptors (Lipinski definition) is 3. The van der Waals surface area contributed by atoms with E-state index >= 15 is 0 Å². The van der Waals surface area contributed by atoms with Crippen LogP contribution >= 0.6 is 0 Å². The molecule has 1 aliphatic carbocycles. The van der Waals surface area contributed by atoms with E-state index in [4.69, 9.17) is 4.74 Å². The number of fused-ring (bicyclic) bond motifs is 1. The van der Waals surface area contributed by atoms with Crippen molar-refractivity contribution < 1.29 is 14.3 Å². The van der Waals surface area contributed by atoms with E-state index in [1.165, 1.54) is 24.0 Å². The van der Waals surface area contributed by atoms with E-state index < -0.39 is 5.60 Å². The van der Waals surface area contributed by atoms with E-state index in [9.17, 15) is 9.59 Å². The van der Waals surface area contributed by atoms with Crippen molar-refractivity contribution in [3.63, 3.8) is 0 Å². The first-order chi connectivity index (χ1) is 12.3. The highest BCUT2D eigenvalue weighted by atomic mass is 16.6. The molecule has 1 heterocycles. The van der Waals surface area contributed by atoms with Gasteiger partial charge in [0.15, 0.2) is 0 Å². The van der Waals surface area contributed by atoms with Gasteiger partial charge in [0, 0.05) is 31.9 Å². The molecule has 0 bridgehead atoms. The van der Waals surface area contributed by atoms with Crippen LogP contribution < -0.4 is 5.32 Å². The molecule has 0 aromatic heterocycles. The van der Waals surface area contributed by atoms with Crippen LogP contribution in [0.5, 0.6) is 0 Å². The molecule has 1 aliphatic heterocycles. The molecule has 1 aromatic carbocycles. The number of ether oxygens (including phenoxy) is 1. The van der Waals surface area contributed by atoms with Crippen LogP contribution in [0.2, 0.25) is 0 Å². The maximum atomic E-state index is 12.6. The van der Waals surface area contributed by atoms with Crippen molar-refractivity contribution in [2.45, 2.75) is 52.1 Å². The molecule has 2 aliphatic rings. The Hall–Kier alpha value is -2.24. The Balaban J connectivity index is 1.55. The zero-order valence-electron chi connectivity index (χ0n) is 16.0. The topological polar surface area (TPSA) is 61.9 Å². The first kappa shape index (κ1) is 18.5. The van der Waals surface area contributed by atoms with Crippen molar-refractivity contribution >= 4 is 17.8 Å². The number of carbonyl (C=O) groups is 2. The minimum Gasteiger partial charge on any atom is -0.444 e. The Bertz CT molecular complexity index is 673. The molecule has 142 valence electrons. The third-order valence-electron chi connectivity index (χ3n) is 4.86. The van der Waals surface area contributed by atoms with Gasteiger partial charge in [0.1, 0.15) is 5.60 Å². The zero-order chi connectivity index (χ0) is 18.7. The third-order valence-corrected chi connectivity index (χ3v) is 4.86. The van der Waals surface area contributed by atoms with E-state index in [0.717, 1.165) is 18.5 Å². The summed E-state index contributed by atoms with van der Waals surface area (Å²) in [5.74, 6) is 0. The van der Waals surface area contributed by atoms with Gasteiger partial charge in [0.25, 0.3) is 0 Å². The quantitative estimate of drug-likeness (QED) is 0.832. The van der Waals surface area contributed by atoms with Gasteiger partial charge in [-0.25, -0.2) is 9.59 Å². The van der Waals surface area contributed by atoms with Gasteiger partial charge < -0.3 is 19.9 Å². The summed E-state index contributed by atoms with van der Waals surface area (Å²) in [6, 6.07) is 6.07. The van der Waals surface area contributed by atoms with Crippen molar-refractivity contribution in [2.75, 3.05) is 31.5 Å². The molecule has 0 spiro atoms. The highest BCUT2D eigenvalue weighted by Crippen LogP contribution is 2.28. The summed E-state index contributed by atoms with van der Waals surface area (Å²) in [5.41, 5.74) is 3.06. The average molecular weight is 359 g/mol. The van der Waals surface area contributed by atoms with Crippen LogP contribution in [0, 0.1) is 0 Å². The molecule has 0 saturated carbocycles. The summed E-state index contributed by atoms with van der Waals surface area (Å²) in [4.78, 5) is 28.2. The lowest BCUT2D eigenvalue weighted by molar-refractivity contribution is 0.0174. The van der Waals surface area contributed by atoms with Gasteiger partial charge in [0.2, 0.25) is 0 Å². The highest BCUT2D eigenvalue weighted by molar-refractivity contribution is 5.90. The Morgan fingerprint density at radius 1 is 1.00 bits per heavy atom. The molecule has 3 amide bonds. The Labute approximate surface area is 155 Å². The van der Waals surface area contributed by atoms with E-state index in [2.05, 4.69) is 11.4 Å². The van der Waals surface area contributed by atoms with Crippen LogP contribution in [0.15, 0.2) is 18.2 Å². The molecular formula is C20H29N3O3.